The molecule has 1 saturated heterocycles. The van der Waals surface area contributed by atoms with Crippen molar-refractivity contribution in [2.24, 2.45) is 11.7 Å². The molecule has 0 bridgehead atoms. The summed E-state index contributed by atoms with van der Waals surface area (Å²) in [7, 11) is 0. The van der Waals surface area contributed by atoms with Crippen LogP contribution in [0.25, 0.3) is 0 Å². The highest BCUT2D eigenvalue weighted by Crippen LogP contribution is 2.27. The second kappa shape index (κ2) is 4.97. The van der Waals surface area contributed by atoms with Crippen LogP contribution in [0.15, 0.2) is 0 Å². The van der Waals surface area contributed by atoms with E-state index in [0.29, 0.717) is 0 Å². The van der Waals surface area contributed by atoms with Gasteiger partial charge in [-0.2, -0.15) is 0 Å². The number of rotatable bonds is 4. The van der Waals surface area contributed by atoms with Crippen LogP contribution in [0.1, 0.15) is 46.0 Å². The summed E-state index contributed by atoms with van der Waals surface area (Å²) in [6.07, 6.45) is 5.79. The molecule has 0 aromatic carbocycles. The van der Waals surface area contributed by atoms with E-state index in [4.69, 9.17) is 10.5 Å². The fraction of sp³-hybridized carbons (Fsp3) is 1.00. The van der Waals surface area contributed by atoms with Gasteiger partial charge in [0.2, 0.25) is 0 Å². The Balaban J connectivity index is 2.35. The molecule has 2 heteroatoms. The molecule has 0 saturated carbocycles. The topological polar surface area (TPSA) is 35.2 Å². The molecule has 0 spiro atoms. The summed E-state index contributed by atoms with van der Waals surface area (Å²) < 4.78 is 5.34. The van der Waals surface area contributed by atoms with Crippen molar-refractivity contribution in [3.8, 4) is 0 Å². The van der Waals surface area contributed by atoms with Crippen LogP contribution in [0.4, 0.5) is 0 Å². The predicted octanol–water partition coefficient (Wildman–Crippen LogP) is 2.32. The molecule has 78 valence electrons. The summed E-state index contributed by atoms with van der Waals surface area (Å²) in [6.45, 7) is 6.27. The van der Waals surface area contributed by atoms with Crippen molar-refractivity contribution in [1.82, 2.24) is 0 Å². The molecule has 1 fully saturated rings. The van der Waals surface area contributed by atoms with Gasteiger partial charge in [-0.3, -0.25) is 0 Å². The molecule has 2 N–H and O–H groups in total. The van der Waals surface area contributed by atoms with Crippen molar-refractivity contribution >= 4 is 0 Å². The van der Waals surface area contributed by atoms with Gasteiger partial charge >= 0.3 is 0 Å². The standard InChI is InChI=1S/C11H23NO/c1-3-11(12,4-2)9-10-5-7-13-8-6-10/h10H,3-9,12H2,1-2H3. The van der Waals surface area contributed by atoms with Crippen LogP contribution in [-0.4, -0.2) is 18.8 Å². The fourth-order valence-corrected chi connectivity index (χ4v) is 2.06. The third-order valence-electron chi connectivity index (χ3n) is 3.44. The van der Waals surface area contributed by atoms with Crippen molar-refractivity contribution < 1.29 is 4.74 Å². The lowest BCUT2D eigenvalue weighted by Gasteiger charge is -2.33. The molecule has 2 nitrogen and oxygen atoms in total. The van der Waals surface area contributed by atoms with E-state index in [1.165, 1.54) is 19.3 Å². The van der Waals surface area contributed by atoms with Gasteiger partial charge < -0.3 is 10.5 Å². The normalized spacial score (nSPS) is 20.5. The van der Waals surface area contributed by atoms with Crippen molar-refractivity contribution in [2.45, 2.75) is 51.5 Å². The summed E-state index contributed by atoms with van der Waals surface area (Å²) in [5.74, 6) is 0.804. The van der Waals surface area contributed by atoms with Crippen molar-refractivity contribution in [3.63, 3.8) is 0 Å². The Labute approximate surface area is 81.8 Å². The lowest BCUT2D eigenvalue weighted by molar-refractivity contribution is 0.0554. The zero-order valence-electron chi connectivity index (χ0n) is 9.01. The van der Waals surface area contributed by atoms with E-state index in [9.17, 15) is 0 Å². The first-order valence-electron chi connectivity index (χ1n) is 5.57. The maximum absolute atomic E-state index is 6.29. The van der Waals surface area contributed by atoms with Crippen molar-refractivity contribution in [3.05, 3.63) is 0 Å². The number of ether oxygens (including phenoxy) is 1. The molecule has 13 heavy (non-hydrogen) atoms. The number of nitrogens with two attached hydrogens (primary N) is 1. The molecule has 0 aliphatic carbocycles. The Morgan fingerprint density at radius 3 is 2.23 bits per heavy atom. The minimum Gasteiger partial charge on any atom is -0.381 e. The van der Waals surface area contributed by atoms with Crippen LogP contribution in [0.3, 0.4) is 0 Å². The third kappa shape index (κ3) is 3.28. The smallest absolute Gasteiger partial charge is 0.0468 e. The molecule has 0 atom stereocenters. The highest BCUT2D eigenvalue weighted by molar-refractivity contribution is 4.84. The largest absolute Gasteiger partial charge is 0.381 e. The first kappa shape index (κ1) is 11.0. The highest BCUT2D eigenvalue weighted by Gasteiger charge is 2.26. The molecule has 0 aromatic rings. The average molecular weight is 185 g/mol. The molecular weight excluding hydrogens is 162 g/mol. The minimum atomic E-state index is 0.0853. The Morgan fingerprint density at radius 2 is 1.77 bits per heavy atom. The molecule has 1 heterocycles. The van der Waals surface area contributed by atoms with E-state index in [1.54, 1.807) is 0 Å². The third-order valence-corrected chi connectivity index (χ3v) is 3.44. The second-order valence-corrected chi connectivity index (χ2v) is 4.33. The van der Waals surface area contributed by atoms with Crippen LogP contribution in [-0.2, 0) is 4.74 Å². The summed E-state index contributed by atoms with van der Waals surface area (Å²) in [5, 5.41) is 0. The predicted molar refractivity (Wildman–Crippen MR) is 55.7 cm³/mol. The van der Waals surface area contributed by atoms with Gasteiger partial charge in [-0.1, -0.05) is 13.8 Å². The Morgan fingerprint density at radius 1 is 1.23 bits per heavy atom. The summed E-state index contributed by atoms with van der Waals surface area (Å²) in [4.78, 5) is 0. The molecule has 0 unspecified atom stereocenters. The van der Waals surface area contributed by atoms with Gasteiger partial charge in [0.1, 0.15) is 0 Å². The zero-order chi connectivity index (χ0) is 9.73. The van der Waals surface area contributed by atoms with Gasteiger partial charge in [0.15, 0.2) is 0 Å². The molecule has 1 aliphatic rings. The van der Waals surface area contributed by atoms with E-state index >= 15 is 0 Å². The maximum Gasteiger partial charge on any atom is 0.0468 e. The first-order chi connectivity index (χ1) is 6.20. The Kier molecular flexibility index (Phi) is 4.20. The number of hydrogen-bond donors (Lipinski definition) is 1. The van der Waals surface area contributed by atoms with Crippen LogP contribution in [0.5, 0.6) is 0 Å². The van der Waals surface area contributed by atoms with E-state index in [-0.39, 0.29) is 5.54 Å². The van der Waals surface area contributed by atoms with Crippen molar-refractivity contribution in [2.75, 3.05) is 13.2 Å². The maximum atomic E-state index is 6.29. The molecule has 1 aliphatic heterocycles. The minimum absolute atomic E-state index is 0.0853. The average Bonchev–Trinajstić information content (AvgIpc) is 2.19. The van der Waals surface area contributed by atoms with Gasteiger partial charge in [0.05, 0.1) is 0 Å². The number of hydrogen-bond acceptors (Lipinski definition) is 2. The molecule has 0 amide bonds. The lowest BCUT2D eigenvalue weighted by Crippen LogP contribution is -2.41. The van der Waals surface area contributed by atoms with Gasteiger partial charge in [-0.05, 0) is 38.0 Å². The Bertz CT molecular complexity index is 137. The first-order valence-corrected chi connectivity index (χ1v) is 5.57. The lowest BCUT2D eigenvalue weighted by atomic mass is 9.81. The summed E-state index contributed by atoms with van der Waals surface area (Å²) in [5.41, 5.74) is 6.37. The van der Waals surface area contributed by atoms with Crippen LogP contribution in [0, 0.1) is 5.92 Å². The molecule has 0 radical (unpaired) electrons. The monoisotopic (exact) mass is 185 g/mol. The van der Waals surface area contributed by atoms with Crippen LogP contribution in [0.2, 0.25) is 0 Å². The summed E-state index contributed by atoms with van der Waals surface area (Å²) >= 11 is 0. The Hall–Kier alpha value is -0.0800. The summed E-state index contributed by atoms with van der Waals surface area (Å²) in [6, 6.07) is 0. The van der Waals surface area contributed by atoms with Crippen LogP contribution >= 0.6 is 0 Å². The van der Waals surface area contributed by atoms with Crippen LogP contribution < -0.4 is 5.73 Å². The SMILES string of the molecule is CCC(N)(CC)CC1CCOCC1. The molecule has 0 aromatic heterocycles. The van der Waals surface area contributed by atoms with E-state index < -0.39 is 0 Å². The zero-order valence-corrected chi connectivity index (χ0v) is 9.01. The quantitative estimate of drug-likeness (QED) is 0.729. The van der Waals surface area contributed by atoms with E-state index in [2.05, 4.69) is 13.8 Å². The van der Waals surface area contributed by atoms with Gasteiger partial charge in [-0.25, -0.2) is 0 Å². The fourth-order valence-electron chi connectivity index (χ4n) is 2.06. The molecular formula is C11H23NO. The highest BCUT2D eigenvalue weighted by atomic mass is 16.5. The molecule has 1 rings (SSSR count). The van der Waals surface area contributed by atoms with Gasteiger partial charge in [0, 0.05) is 18.8 Å². The van der Waals surface area contributed by atoms with E-state index in [0.717, 1.165) is 32.0 Å². The van der Waals surface area contributed by atoms with Crippen molar-refractivity contribution in [1.29, 1.82) is 0 Å². The second-order valence-electron chi connectivity index (χ2n) is 4.33. The van der Waals surface area contributed by atoms with Gasteiger partial charge in [-0.15, -0.1) is 0 Å². The van der Waals surface area contributed by atoms with E-state index in [1.807, 2.05) is 0 Å². The van der Waals surface area contributed by atoms with Gasteiger partial charge in [0.25, 0.3) is 0 Å².